The van der Waals surface area contributed by atoms with E-state index in [9.17, 15) is 0 Å². The first-order valence-electron chi connectivity index (χ1n) is 6.23. The molecule has 0 radical (unpaired) electrons. The number of benzene rings is 1. The number of nitrogens with zero attached hydrogens (tertiary/aromatic N) is 3. The third kappa shape index (κ3) is 2.55. The van der Waals surface area contributed by atoms with Gasteiger partial charge in [0.05, 0.1) is 0 Å². The van der Waals surface area contributed by atoms with E-state index in [-0.39, 0.29) is 0 Å². The number of hydrogen-bond donors (Lipinski definition) is 1. The van der Waals surface area contributed by atoms with E-state index in [2.05, 4.69) is 46.7 Å². The van der Waals surface area contributed by atoms with Gasteiger partial charge in [-0.15, -0.1) is 10.2 Å². The lowest BCUT2D eigenvalue weighted by Crippen LogP contribution is -1.91. The van der Waals surface area contributed by atoms with E-state index < -0.39 is 0 Å². The average Bonchev–Trinajstić information content (AvgIpc) is 3.03. The average molecular weight is 286 g/mol. The molecule has 102 valence electrons. The first kappa shape index (κ1) is 12.8. The molecule has 0 aliphatic carbocycles. The van der Waals surface area contributed by atoms with Gasteiger partial charge in [-0.05, 0) is 44.0 Å². The highest BCUT2D eigenvalue weighted by Crippen LogP contribution is 2.28. The van der Waals surface area contributed by atoms with Crippen molar-refractivity contribution in [3.8, 4) is 10.7 Å². The van der Waals surface area contributed by atoms with Crippen molar-refractivity contribution in [2.24, 2.45) is 0 Å². The molecule has 0 bridgehead atoms. The summed E-state index contributed by atoms with van der Waals surface area (Å²) in [6, 6.07) is 8.06. The quantitative estimate of drug-likeness (QED) is 0.792. The van der Waals surface area contributed by atoms with Gasteiger partial charge >= 0.3 is 0 Å². The SMILES string of the molecule is Cc1cc(-c2nnc(Nc3ccc(C)c(C)c3)s2)no1. The Morgan fingerprint density at radius 1 is 1.05 bits per heavy atom. The minimum absolute atomic E-state index is 0.716. The van der Waals surface area contributed by atoms with Crippen molar-refractivity contribution in [2.75, 3.05) is 5.32 Å². The summed E-state index contributed by atoms with van der Waals surface area (Å²) < 4.78 is 5.04. The van der Waals surface area contributed by atoms with Crippen LogP contribution in [-0.4, -0.2) is 15.4 Å². The molecule has 0 atom stereocenters. The molecular weight excluding hydrogens is 272 g/mol. The first-order valence-corrected chi connectivity index (χ1v) is 7.05. The van der Waals surface area contributed by atoms with Crippen molar-refractivity contribution in [3.63, 3.8) is 0 Å². The van der Waals surface area contributed by atoms with Crippen molar-refractivity contribution >= 4 is 22.2 Å². The highest BCUT2D eigenvalue weighted by Gasteiger charge is 2.11. The van der Waals surface area contributed by atoms with Crippen molar-refractivity contribution < 1.29 is 4.52 Å². The predicted molar refractivity (Wildman–Crippen MR) is 79.3 cm³/mol. The van der Waals surface area contributed by atoms with Crippen LogP contribution >= 0.6 is 11.3 Å². The maximum absolute atomic E-state index is 5.04. The molecule has 0 saturated heterocycles. The maximum Gasteiger partial charge on any atom is 0.210 e. The molecule has 5 nitrogen and oxygen atoms in total. The Hall–Kier alpha value is -2.21. The second-order valence-electron chi connectivity index (χ2n) is 4.66. The lowest BCUT2D eigenvalue weighted by atomic mass is 10.1. The van der Waals surface area contributed by atoms with Gasteiger partial charge in [0.2, 0.25) is 5.13 Å². The van der Waals surface area contributed by atoms with E-state index in [1.165, 1.54) is 22.5 Å². The number of anilines is 2. The summed E-state index contributed by atoms with van der Waals surface area (Å²) in [5, 5.41) is 16.9. The minimum Gasteiger partial charge on any atom is -0.361 e. The van der Waals surface area contributed by atoms with E-state index >= 15 is 0 Å². The van der Waals surface area contributed by atoms with E-state index in [0.29, 0.717) is 5.69 Å². The summed E-state index contributed by atoms with van der Waals surface area (Å²) in [5.41, 5.74) is 4.23. The lowest BCUT2D eigenvalue weighted by molar-refractivity contribution is 0.399. The molecule has 2 heterocycles. The zero-order chi connectivity index (χ0) is 14.1. The molecule has 2 aromatic heterocycles. The normalized spacial score (nSPS) is 10.8. The van der Waals surface area contributed by atoms with Gasteiger partial charge in [0, 0.05) is 11.8 Å². The van der Waals surface area contributed by atoms with E-state index in [4.69, 9.17) is 4.52 Å². The van der Waals surface area contributed by atoms with Gasteiger partial charge in [0.25, 0.3) is 0 Å². The fourth-order valence-electron chi connectivity index (χ4n) is 1.79. The second-order valence-corrected chi connectivity index (χ2v) is 5.64. The first-order chi connectivity index (χ1) is 9.61. The van der Waals surface area contributed by atoms with Crippen LogP contribution in [0.1, 0.15) is 16.9 Å². The number of rotatable bonds is 3. The van der Waals surface area contributed by atoms with Gasteiger partial charge in [0.15, 0.2) is 5.01 Å². The fraction of sp³-hybridized carbons (Fsp3) is 0.214. The highest BCUT2D eigenvalue weighted by atomic mass is 32.1. The Morgan fingerprint density at radius 3 is 2.60 bits per heavy atom. The molecule has 3 rings (SSSR count). The molecule has 3 aromatic rings. The van der Waals surface area contributed by atoms with Crippen LogP contribution in [0.4, 0.5) is 10.8 Å². The number of aromatic nitrogens is 3. The second kappa shape index (κ2) is 5.05. The smallest absolute Gasteiger partial charge is 0.210 e. The Kier molecular flexibility index (Phi) is 3.23. The van der Waals surface area contributed by atoms with Gasteiger partial charge in [-0.25, -0.2) is 0 Å². The molecule has 1 aromatic carbocycles. The molecule has 0 unspecified atom stereocenters. The lowest BCUT2D eigenvalue weighted by Gasteiger charge is -2.05. The van der Waals surface area contributed by atoms with Gasteiger partial charge in [-0.3, -0.25) is 0 Å². The van der Waals surface area contributed by atoms with Crippen molar-refractivity contribution in [3.05, 3.63) is 41.2 Å². The molecule has 0 spiro atoms. The number of aryl methyl sites for hydroxylation is 3. The third-order valence-corrected chi connectivity index (χ3v) is 3.89. The van der Waals surface area contributed by atoms with Crippen LogP contribution in [0.25, 0.3) is 10.7 Å². The van der Waals surface area contributed by atoms with Gasteiger partial charge < -0.3 is 9.84 Å². The molecule has 0 aliphatic heterocycles. The Morgan fingerprint density at radius 2 is 1.90 bits per heavy atom. The summed E-state index contributed by atoms with van der Waals surface area (Å²) >= 11 is 1.45. The monoisotopic (exact) mass is 286 g/mol. The van der Waals surface area contributed by atoms with Crippen molar-refractivity contribution in [1.82, 2.24) is 15.4 Å². The zero-order valence-corrected chi connectivity index (χ0v) is 12.3. The summed E-state index contributed by atoms with van der Waals surface area (Å²) in [7, 11) is 0. The van der Waals surface area contributed by atoms with Crippen LogP contribution in [0.15, 0.2) is 28.8 Å². The molecular formula is C14H14N4OS. The van der Waals surface area contributed by atoms with E-state index in [1.807, 2.05) is 19.1 Å². The van der Waals surface area contributed by atoms with Gasteiger partial charge in [-0.2, -0.15) is 0 Å². The summed E-state index contributed by atoms with van der Waals surface area (Å²) in [4.78, 5) is 0. The van der Waals surface area contributed by atoms with Crippen LogP contribution in [0.3, 0.4) is 0 Å². The van der Waals surface area contributed by atoms with Crippen molar-refractivity contribution in [2.45, 2.75) is 20.8 Å². The topological polar surface area (TPSA) is 63.8 Å². The molecule has 6 heteroatoms. The van der Waals surface area contributed by atoms with Crippen LogP contribution in [0.2, 0.25) is 0 Å². The van der Waals surface area contributed by atoms with Crippen LogP contribution < -0.4 is 5.32 Å². The molecule has 0 amide bonds. The van der Waals surface area contributed by atoms with Crippen LogP contribution in [-0.2, 0) is 0 Å². The van der Waals surface area contributed by atoms with Gasteiger partial charge in [0.1, 0.15) is 11.5 Å². The maximum atomic E-state index is 5.04. The minimum atomic E-state index is 0.716. The zero-order valence-electron chi connectivity index (χ0n) is 11.5. The molecule has 0 aliphatic rings. The predicted octanol–water partition coefficient (Wildman–Crippen LogP) is 3.86. The molecule has 20 heavy (non-hydrogen) atoms. The number of nitrogens with one attached hydrogen (secondary N) is 1. The standard InChI is InChI=1S/C14H14N4OS/c1-8-4-5-11(6-9(8)2)15-14-17-16-13(20-14)12-7-10(3)19-18-12/h4-7H,1-3H3,(H,15,17). The number of hydrogen-bond acceptors (Lipinski definition) is 6. The summed E-state index contributed by atoms with van der Waals surface area (Å²) in [5.74, 6) is 0.763. The third-order valence-electron chi connectivity index (χ3n) is 3.03. The van der Waals surface area contributed by atoms with E-state index in [0.717, 1.165) is 21.6 Å². The molecule has 0 fully saturated rings. The summed E-state index contributed by atoms with van der Waals surface area (Å²) in [6.45, 7) is 6.03. The highest BCUT2D eigenvalue weighted by molar-refractivity contribution is 7.18. The Bertz CT molecular complexity index is 747. The van der Waals surface area contributed by atoms with Crippen molar-refractivity contribution in [1.29, 1.82) is 0 Å². The molecule has 1 N–H and O–H groups in total. The molecule has 0 saturated carbocycles. The van der Waals surface area contributed by atoms with Crippen LogP contribution in [0.5, 0.6) is 0 Å². The Balaban J connectivity index is 1.82. The Labute approximate surface area is 120 Å². The van der Waals surface area contributed by atoms with Gasteiger partial charge in [-0.1, -0.05) is 22.6 Å². The van der Waals surface area contributed by atoms with Crippen LogP contribution in [0, 0.1) is 20.8 Å². The summed E-state index contributed by atoms with van der Waals surface area (Å²) in [6.07, 6.45) is 0. The van der Waals surface area contributed by atoms with E-state index in [1.54, 1.807) is 0 Å². The fourth-order valence-corrected chi connectivity index (χ4v) is 2.50. The largest absolute Gasteiger partial charge is 0.361 e.